The van der Waals surface area contributed by atoms with E-state index in [1.54, 1.807) is 24.8 Å². The molecule has 156 valence electrons. The van der Waals surface area contributed by atoms with Gasteiger partial charge in [0, 0.05) is 28.2 Å². The smallest absolute Gasteiger partial charge is 0.348 e. The Kier molecular flexibility index (Phi) is 5.40. The highest BCUT2D eigenvalue weighted by Crippen LogP contribution is 2.38. The van der Waals surface area contributed by atoms with Gasteiger partial charge >= 0.3 is 5.69 Å². The minimum absolute atomic E-state index is 0.0856. The average molecular weight is 426 g/mol. The van der Waals surface area contributed by atoms with Crippen LogP contribution in [0.4, 0.5) is 0 Å². The van der Waals surface area contributed by atoms with E-state index in [1.165, 1.54) is 15.9 Å². The van der Waals surface area contributed by atoms with Crippen LogP contribution in [-0.2, 0) is 16.1 Å². The van der Waals surface area contributed by atoms with Crippen molar-refractivity contribution in [3.8, 4) is 0 Å². The molecule has 8 nitrogen and oxygen atoms in total. The zero-order chi connectivity index (χ0) is 21.4. The number of ether oxygens (including phenoxy) is 1. The molecule has 1 aromatic carbocycles. The predicted molar refractivity (Wildman–Crippen MR) is 114 cm³/mol. The minimum atomic E-state index is -0.508. The van der Waals surface area contributed by atoms with Gasteiger partial charge in [-0.1, -0.05) is 18.2 Å². The van der Waals surface area contributed by atoms with Crippen LogP contribution in [0.25, 0.3) is 10.1 Å². The summed E-state index contributed by atoms with van der Waals surface area (Å²) in [4.78, 5) is 43.2. The van der Waals surface area contributed by atoms with Gasteiger partial charge in [0.05, 0.1) is 18.0 Å². The zero-order valence-corrected chi connectivity index (χ0v) is 17.6. The number of nitrogens with zero attached hydrogens (tertiary/aromatic N) is 3. The first-order chi connectivity index (χ1) is 14.3. The van der Waals surface area contributed by atoms with Gasteiger partial charge in [0.2, 0.25) is 5.91 Å². The van der Waals surface area contributed by atoms with Crippen molar-refractivity contribution in [3.05, 3.63) is 62.6 Å². The normalized spacial score (nSPS) is 16.7. The van der Waals surface area contributed by atoms with Gasteiger partial charge in [0.1, 0.15) is 12.6 Å². The van der Waals surface area contributed by atoms with Gasteiger partial charge in [-0.3, -0.25) is 14.2 Å². The fourth-order valence-electron chi connectivity index (χ4n) is 3.82. The molecule has 1 aliphatic rings. The molecule has 0 unspecified atom stereocenters. The van der Waals surface area contributed by atoms with Gasteiger partial charge in [-0.15, -0.1) is 11.3 Å². The zero-order valence-electron chi connectivity index (χ0n) is 16.8. The SMILES string of the molecule is Cc1cc(C)n(CC(=O)N2CCO[C@@H](c3c(C(N)=O)sc4ccccc34)C2)c(=O)n1. The molecule has 3 aromatic rings. The van der Waals surface area contributed by atoms with Gasteiger partial charge in [-0.05, 0) is 31.4 Å². The highest BCUT2D eigenvalue weighted by atomic mass is 32.1. The second kappa shape index (κ2) is 8.00. The van der Waals surface area contributed by atoms with Crippen molar-refractivity contribution in [1.82, 2.24) is 14.5 Å². The lowest BCUT2D eigenvalue weighted by atomic mass is 10.0. The number of carbonyl (C=O) groups is 2. The Morgan fingerprint density at radius 1 is 1.30 bits per heavy atom. The molecule has 0 aliphatic carbocycles. The number of hydrogen-bond acceptors (Lipinski definition) is 6. The molecule has 1 aliphatic heterocycles. The number of benzene rings is 1. The van der Waals surface area contributed by atoms with Crippen LogP contribution < -0.4 is 11.4 Å². The molecule has 2 aromatic heterocycles. The molecule has 0 saturated carbocycles. The number of aromatic nitrogens is 2. The second-order valence-electron chi connectivity index (χ2n) is 7.31. The summed E-state index contributed by atoms with van der Waals surface area (Å²) in [5.74, 6) is -0.703. The van der Waals surface area contributed by atoms with E-state index in [2.05, 4.69) is 4.98 Å². The van der Waals surface area contributed by atoms with E-state index in [9.17, 15) is 14.4 Å². The standard InChI is InChI=1S/C21H22N4O4S/c1-12-9-13(2)25(21(28)23-12)11-17(26)24-7-8-29-15(10-24)18-14-5-3-4-6-16(14)30-19(18)20(22)27/h3-6,9,15H,7-8,10-11H2,1-2H3,(H2,22,27)/t15-/m1/s1. The van der Waals surface area contributed by atoms with E-state index in [0.29, 0.717) is 29.4 Å². The number of aryl methyl sites for hydroxylation is 2. The summed E-state index contributed by atoms with van der Waals surface area (Å²) in [5, 5.41) is 0.908. The Morgan fingerprint density at radius 2 is 2.07 bits per heavy atom. The van der Waals surface area contributed by atoms with Crippen molar-refractivity contribution in [2.24, 2.45) is 5.73 Å². The number of thiophene rings is 1. The van der Waals surface area contributed by atoms with Crippen LogP contribution in [0.1, 0.15) is 32.7 Å². The molecule has 9 heteroatoms. The molecule has 3 heterocycles. The fourth-order valence-corrected chi connectivity index (χ4v) is 4.93. The summed E-state index contributed by atoms with van der Waals surface area (Å²) in [6, 6.07) is 9.43. The largest absolute Gasteiger partial charge is 0.370 e. The summed E-state index contributed by atoms with van der Waals surface area (Å²) < 4.78 is 8.25. The summed E-state index contributed by atoms with van der Waals surface area (Å²) in [6.07, 6.45) is -0.463. The molecule has 30 heavy (non-hydrogen) atoms. The molecule has 2 amide bonds. The van der Waals surface area contributed by atoms with Crippen molar-refractivity contribution >= 4 is 33.2 Å². The Hall–Kier alpha value is -3.04. The number of nitrogens with two attached hydrogens (primary N) is 1. The number of carbonyl (C=O) groups excluding carboxylic acids is 2. The van der Waals surface area contributed by atoms with E-state index in [1.807, 2.05) is 24.3 Å². The first-order valence-electron chi connectivity index (χ1n) is 9.61. The number of rotatable bonds is 4. The monoisotopic (exact) mass is 426 g/mol. The van der Waals surface area contributed by atoms with E-state index in [0.717, 1.165) is 15.6 Å². The maximum absolute atomic E-state index is 12.9. The van der Waals surface area contributed by atoms with Gasteiger partial charge < -0.3 is 15.4 Å². The van der Waals surface area contributed by atoms with Gasteiger partial charge in [0.15, 0.2) is 0 Å². The first-order valence-corrected chi connectivity index (χ1v) is 10.4. The van der Waals surface area contributed by atoms with E-state index in [4.69, 9.17) is 10.5 Å². The Labute approximate surface area is 176 Å². The van der Waals surface area contributed by atoms with Crippen LogP contribution in [0.3, 0.4) is 0 Å². The quantitative estimate of drug-likeness (QED) is 0.684. The van der Waals surface area contributed by atoms with E-state index >= 15 is 0 Å². The van der Waals surface area contributed by atoms with Crippen LogP contribution >= 0.6 is 11.3 Å². The molecular weight excluding hydrogens is 404 g/mol. The summed E-state index contributed by atoms with van der Waals surface area (Å²) in [5.41, 5.74) is 7.21. The fraction of sp³-hybridized carbons (Fsp3) is 0.333. The van der Waals surface area contributed by atoms with Crippen LogP contribution in [0, 0.1) is 13.8 Å². The lowest BCUT2D eigenvalue weighted by Crippen LogP contribution is -2.45. The number of hydrogen-bond donors (Lipinski definition) is 1. The molecule has 4 rings (SSSR count). The number of amides is 2. The van der Waals surface area contributed by atoms with Gasteiger partial charge in [-0.2, -0.15) is 4.98 Å². The molecule has 1 fully saturated rings. The van der Waals surface area contributed by atoms with Gasteiger partial charge in [-0.25, -0.2) is 4.79 Å². The summed E-state index contributed by atoms with van der Waals surface area (Å²) in [6.45, 7) is 4.47. The Morgan fingerprint density at radius 3 is 2.80 bits per heavy atom. The lowest BCUT2D eigenvalue weighted by molar-refractivity contribution is -0.139. The van der Waals surface area contributed by atoms with E-state index < -0.39 is 17.7 Å². The van der Waals surface area contributed by atoms with Crippen LogP contribution in [0.15, 0.2) is 35.1 Å². The summed E-state index contributed by atoms with van der Waals surface area (Å²) >= 11 is 1.33. The van der Waals surface area contributed by atoms with E-state index in [-0.39, 0.29) is 19.0 Å². The molecule has 1 atom stereocenters. The van der Waals surface area contributed by atoms with Crippen LogP contribution in [0.5, 0.6) is 0 Å². The summed E-state index contributed by atoms with van der Waals surface area (Å²) in [7, 11) is 0. The Bertz CT molecular complexity index is 1200. The number of fused-ring (bicyclic) bond motifs is 1. The molecular formula is C21H22N4O4S. The second-order valence-corrected chi connectivity index (χ2v) is 8.36. The number of morpholine rings is 1. The predicted octanol–water partition coefficient (Wildman–Crippen LogP) is 1.77. The van der Waals surface area contributed by atoms with Crippen molar-refractivity contribution in [2.75, 3.05) is 19.7 Å². The third kappa shape index (κ3) is 3.73. The van der Waals surface area contributed by atoms with Crippen LogP contribution in [-0.4, -0.2) is 46.0 Å². The number of primary amides is 1. The molecule has 1 saturated heterocycles. The van der Waals surface area contributed by atoms with Crippen LogP contribution in [0.2, 0.25) is 0 Å². The Balaban J connectivity index is 1.61. The molecule has 2 N–H and O–H groups in total. The van der Waals surface area contributed by atoms with Crippen molar-refractivity contribution in [1.29, 1.82) is 0 Å². The average Bonchev–Trinajstić information content (AvgIpc) is 3.10. The third-order valence-electron chi connectivity index (χ3n) is 5.24. The third-order valence-corrected chi connectivity index (χ3v) is 6.44. The maximum atomic E-state index is 12.9. The van der Waals surface area contributed by atoms with Crippen molar-refractivity contribution in [3.63, 3.8) is 0 Å². The lowest BCUT2D eigenvalue weighted by Gasteiger charge is -2.33. The molecule has 0 spiro atoms. The highest BCUT2D eigenvalue weighted by Gasteiger charge is 2.31. The maximum Gasteiger partial charge on any atom is 0.348 e. The van der Waals surface area contributed by atoms with Gasteiger partial charge in [0.25, 0.3) is 5.91 Å². The van der Waals surface area contributed by atoms with Crippen molar-refractivity contribution < 1.29 is 14.3 Å². The topological polar surface area (TPSA) is 108 Å². The molecule has 0 radical (unpaired) electrons. The minimum Gasteiger partial charge on any atom is -0.370 e. The first kappa shape index (κ1) is 20.2. The highest BCUT2D eigenvalue weighted by molar-refractivity contribution is 7.21. The molecule has 0 bridgehead atoms. The van der Waals surface area contributed by atoms with Crippen molar-refractivity contribution in [2.45, 2.75) is 26.5 Å².